The molecule has 1 aliphatic rings. The monoisotopic (exact) mass is 363 g/mol. The molecule has 1 aliphatic heterocycles. The van der Waals surface area contributed by atoms with E-state index in [0.717, 1.165) is 13.0 Å². The molecule has 1 N–H and O–H groups in total. The summed E-state index contributed by atoms with van der Waals surface area (Å²) in [5.41, 5.74) is 0.540. The molecule has 0 aliphatic carbocycles. The minimum absolute atomic E-state index is 0.115. The van der Waals surface area contributed by atoms with Crippen LogP contribution in [0.3, 0.4) is 0 Å². The fourth-order valence-electron chi connectivity index (χ4n) is 2.41. The first-order chi connectivity index (χ1) is 11.5. The molecule has 1 fully saturated rings. The van der Waals surface area contributed by atoms with Gasteiger partial charge in [0, 0.05) is 25.7 Å². The Hall–Kier alpha value is -2.19. The van der Waals surface area contributed by atoms with Gasteiger partial charge in [0.15, 0.2) is 0 Å². The van der Waals surface area contributed by atoms with Gasteiger partial charge in [0.2, 0.25) is 0 Å². The van der Waals surface area contributed by atoms with E-state index >= 15 is 0 Å². The van der Waals surface area contributed by atoms with Crippen LogP contribution in [-0.4, -0.2) is 38.7 Å². The average Bonchev–Trinajstić information content (AvgIpc) is 3.20. The molecule has 0 bridgehead atoms. The van der Waals surface area contributed by atoms with Gasteiger partial charge in [0.1, 0.15) is 5.84 Å². The molecule has 8 heteroatoms. The maximum absolute atomic E-state index is 12.4. The second kappa shape index (κ2) is 6.74. The van der Waals surface area contributed by atoms with Crippen molar-refractivity contribution >= 4 is 38.8 Å². The molecule has 1 saturated heterocycles. The number of sulfonamides is 1. The number of amides is 1. The Morgan fingerprint density at radius 2 is 2.00 bits per heavy atom. The van der Waals surface area contributed by atoms with Crippen LogP contribution in [-0.2, 0) is 10.0 Å². The number of hydrogen-bond acceptors (Lipinski definition) is 4. The second-order valence-electron chi connectivity index (χ2n) is 5.46. The number of amidine groups is 1. The fraction of sp³-hybridized carbons (Fsp3) is 0.250. The normalized spacial score (nSPS) is 16.5. The molecule has 2 aromatic rings. The Morgan fingerprint density at radius 1 is 1.25 bits per heavy atom. The lowest BCUT2D eigenvalue weighted by molar-refractivity contribution is 0.103. The van der Waals surface area contributed by atoms with Gasteiger partial charge in [0.25, 0.3) is 15.9 Å². The van der Waals surface area contributed by atoms with E-state index in [0.29, 0.717) is 22.8 Å². The summed E-state index contributed by atoms with van der Waals surface area (Å²) >= 11 is 1.35. The molecule has 6 nitrogen and oxygen atoms in total. The van der Waals surface area contributed by atoms with Crippen molar-refractivity contribution in [1.29, 1.82) is 0 Å². The average molecular weight is 363 g/mol. The Labute approximate surface area is 144 Å². The van der Waals surface area contributed by atoms with Gasteiger partial charge >= 0.3 is 0 Å². The van der Waals surface area contributed by atoms with E-state index in [1.807, 2.05) is 17.3 Å². The third-order valence-corrected chi connectivity index (χ3v) is 5.90. The Morgan fingerprint density at radius 3 is 2.58 bits per heavy atom. The maximum atomic E-state index is 12.4. The number of carbonyl (C=O) groups is 1. The standard InChI is InChI=1S/C16H17N3O3S2/c1-19-10-2-5-15(19)18-24(21,22)13-8-6-12(7-9-13)17-16(20)14-4-3-11-23-14/h3-4,6-9,11H,2,5,10H2,1H3,(H,17,20)/b18-15-. The van der Waals surface area contributed by atoms with Gasteiger partial charge in [-0.15, -0.1) is 15.7 Å². The van der Waals surface area contributed by atoms with E-state index in [1.165, 1.54) is 23.5 Å². The van der Waals surface area contributed by atoms with Crippen molar-refractivity contribution in [2.45, 2.75) is 17.7 Å². The topological polar surface area (TPSA) is 78.8 Å². The predicted molar refractivity (Wildman–Crippen MR) is 95.2 cm³/mol. The van der Waals surface area contributed by atoms with E-state index in [9.17, 15) is 13.2 Å². The molecular weight excluding hydrogens is 346 g/mol. The molecule has 1 amide bonds. The largest absolute Gasteiger partial charge is 0.362 e. The van der Waals surface area contributed by atoms with Gasteiger partial charge in [0.05, 0.1) is 9.77 Å². The fourth-order valence-corrected chi connectivity index (χ4v) is 4.12. The van der Waals surface area contributed by atoms with E-state index < -0.39 is 10.0 Å². The molecule has 0 unspecified atom stereocenters. The highest BCUT2D eigenvalue weighted by Crippen LogP contribution is 2.20. The van der Waals surface area contributed by atoms with Crippen LogP contribution < -0.4 is 5.32 Å². The molecule has 0 spiro atoms. The van der Waals surface area contributed by atoms with Crippen molar-refractivity contribution < 1.29 is 13.2 Å². The first kappa shape index (κ1) is 16.7. The first-order valence-electron chi connectivity index (χ1n) is 7.45. The molecule has 1 aromatic heterocycles. The zero-order chi connectivity index (χ0) is 17.2. The lowest BCUT2D eigenvalue weighted by Gasteiger charge is -2.11. The summed E-state index contributed by atoms with van der Waals surface area (Å²) in [5, 5.41) is 4.56. The molecule has 0 radical (unpaired) electrons. The van der Waals surface area contributed by atoms with E-state index in [1.54, 1.807) is 24.3 Å². The predicted octanol–water partition coefficient (Wildman–Crippen LogP) is 2.81. The summed E-state index contributed by atoms with van der Waals surface area (Å²) < 4.78 is 28.6. The van der Waals surface area contributed by atoms with Crippen molar-refractivity contribution in [2.24, 2.45) is 4.40 Å². The minimum atomic E-state index is -3.73. The van der Waals surface area contributed by atoms with Gasteiger partial charge < -0.3 is 10.2 Å². The molecule has 1 aromatic carbocycles. The molecule has 3 rings (SSSR count). The Kier molecular flexibility index (Phi) is 4.68. The molecule has 2 heterocycles. The SMILES string of the molecule is CN1CCC/C1=N/S(=O)(=O)c1ccc(NC(=O)c2cccs2)cc1. The molecule has 0 atom stereocenters. The van der Waals surface area contributed by atoms with Crippen LogP contribution >= 0.6 is 11.3 Å². The summed E-state index contributed by atoms with van der Waals surface area (Å²) in [7, 11) is -1.89. The quantitative estimate of drug-likeness (QED) is 0.906. The number of rotatable bonds is 4. The first-order valence-corrected chi connectivity index (χ1v) is 9.77. The number of nitrogens with one attached hydrogen (secondary N) is 1. The number of benzene rings is 1. The van der Waals surface area contributed by atoms with Gasteiger partial charge in [-0.25, -0.2) is 0 Å². The molecule has 24 heavy (non-hydrogen) atoms. The number of hydrogen-bond donors (Lipinski definition) is 1. The zero-order valence-electron chi connectivity index (χ0n) is 13.1. The summed E-state index contributed by atoms with van der Waals surface area (Å²) in [5.74, 6) is 0.374. The number of likely N-dealkylation sites (tertiary alicyclic amines) is 1. The Bertz CT molecular complexity index is 856. The van der Waals surface area contributed by atoms with Crippen molar-refractivity contribution in [2.75, 3.05) is 18.9 Å². The highest BCUT2D eigenvalue weighted by molar-refractivity contribution is 7.90. The summed E-state index contributed by atoms with van der Waals surface area (Å²) in [6.45, 7) is 0.821. The van der Waals surface area contributed by atoms with Gasteiger partial charge in [-0.1, -0.05) is 6.07 Å². The van der Waals surface area contributed by atoms with Crippen molar-refractivity contribution in [1.82, 2.24) is 4.90 Å². The van der Waals surface area contributed by atoms with Gasteiger partial charge in [-0.3, -0.25) is 4.79 Å². The smallest absolute Gasteiger partial charge is 0.283 e. The summed E-state index contributed by atoms with van der Waals surface area (Å²) in [6.07, 6.45) is 1.59. The third kappa shape index (κ3) is 3.65. The van der Waals surface area contributed by atoms with Gasteiger partial charge in [-0.05, 0) is 42.1 Å². The van der Waals surface area contributed by atoms with E-state index in [4.69, 9.17) is 0 Å². The number of nitrogens with zero attached hydrogens (tertiary/aromatic N) is 2. The molecule has 0 saturated carbocycles. The lowest BCUT2D eigenvalue weighted by atomic mass is 10.3. The van der Waals surface area contributed by atoms with Crippen LogP contribution in [0.25, 0.3) is 0 Å². The van der Waals surface area contributed by atoms with Crippen molar-refractivity contribution in [3.8, 4) is 0 Å². The Balaban J connectivity index is 1.75. The molecular formula is C16H17N3O3S2. The third-order valence-electron chi connectivity index (χ3n) is 3.72. The summed E-state index contributed by atoms with van der Waals surface area (Å²) in [4.78, 5) is 14.5. The highest BCUT2D eigenvalue weighted by Gasteiger charge is 2.20. The molecule has 126 valence electrons. The number of anilines is 1. The van der Waals surface area contributed by atoms with Crippen LogP contribution in [0.5, 0.6) is 0 Å². The second-order valence-corrected chi connectivity index (χ2v) is 8.02. The lowest BCUT2D eigenvalue weighted by Crippen LogP contribution is -2.20. The van der Waals surface area contributed by atoms with Crippen molar-refractivity contribution in [3.05, 3.63) is 46.7 Å². The van der Waals surface area contributed by atoms with E-state index in [-0.39, 0.29) is 10.8 Å². The van der Waals surface area contributed by atoms with Crippen LogP contribution in [0.2, 0.25) is 0 Å². The highest BCUT2D eigenvalue weighted by atomic mass is 32.2. The number of thiophene rings is 1. The summed E-state index contributed by atoms with van der Waals surface area (Å²) in [6, 6.07) is 9.58. The number of carbonyl (C=O) groups excluding carboxylic acids is 1. The van der Waals surface area contributed by atoms with Gasteiger partial charge in [-0.2, -0.15) is 8.42 Å². The van der Waals surface area contributed by atoms with Crippen LogP contribution in [0.15, 0.2) is 51.1 Å². The van der Waals surface area contributed by atoms with Crippen LogP contribution in [0.1, 0.15) is 22.5 Å². The van der Waals surface area contributed by atoms with Crippen LogP contribution in [0.4, 0.5) is 5.69 Å². The zero-order valence-corrected chi connectivity index (χ0v) is 14.7. The van der Waals surface area contributed by atoms with E-state index in [2.05, 4.69) is 9.71 Å². The minimum Gasteiger partial charge on any atom is -0.362 e. The van der Waals surface area contributed by atoms with Crippen molar-refractivity contribution in [3.63, 3.8) is 0 Å². The van der Waals surface area contributed by atoms with Crippen LogP contribution in [0, 0.1) is 0 Å². The maximum Gasteiger partial charge on any atom is 0.283 e.